The van der Waals surface area contributed by atoms with Crippen molar-refractivity contribution < 1.29 is 28.6 Å². The van der Waals surface area contributed by atoms with E-state index in [1.54, 1.807) is 29.2 Å². The molecule has 2 N–H and O–H groups in total. The minimum absolute atomic E-state index is 0.121. The highest BCUT2D eigenvalue weighted by Crippen LogP contribution is 2.34. The molecular formula is C23H23Cl2IN4O6. The molecule has 1 heterocycles. The van der Waals surface area contributed by atoms with Gasteiger partial charge in [-0.05, 0) is 59.3 Å². The van der Waals surface area contributed by atoms with E-state index in [0.717, 1.165) is 0 Å². The maximum atomic E-state index is 12.4. The molecule has 0 unspecified atom stereocenters. The predicted octanol–water partition coefficient (Wildman–Crippen LogP) is 3.32. The van der Waals surface area contributed by atoms with E-state index in [9.17, 15) is 14.4 Å². The van der Waals surface area contributed by atoms with Gasteiger partial charge in [0.25, 0.3) is 5.91 Å². The Kier molecular flexibility index (Phi) is 10.6. The molecule has 0 aliphatic carbocycles. The van der Waals surface area contributed by atoms with Gasteiger partial charge in [0.1, 0.15) is 0 Å². The van der Waals surface area contributed by atoms with Gasteiger partial charge < -0.3 is 24.4 Å². The fourth-order valence-electron chi connectivity index (χ4n) is 3.10. The van der Waals surface area contributed by atoms with Crippen LogP contribution in [0.4, 0.5) is 5.69 Å². The van der Waals surface area contributed by atoms with Gasteiger partial charge >= 0.3 is 11.8 Å². The summed E-state index contributed by atoms with van der Waals surface area (Å²) in [7, 11) is 0. The van der Waals surface area contributed by atoms with Gasteiger partial charge in [0.05, 0.1) is 45.3 Å². The van der Waals surface area contributed by atoms with Crippen LogP contribution in [-0.4, -0.2) is 68.4 Å². The number of nitrogens with zero attached hydrogens (tertiary/aromatic N) is 2. The number of ether oxygens (including phenoxy) is 3. The Morgan fingerprint density at radius 1 is 1.17 bits per heavy atom. The molecule has 2 aromatic rings. The number of carbonyl (C=O) groups is 3. The highest BCUT2D eigenvalue weighted by Gasteiger charge is 2.20. The van der Waals surface area contributed by atoms with Gasteiger partial charge in [0.15, 0.2) is 18.1 Å². The zero-order valence-corrected chi connectivity index (χ0v) is 22.9. The Labute approximate surface area is 231 Å². The monoisotopic (exact) mass is 648 g/mol. The molecular weight excluding hydrogens is 626 g/mol. The lowest BCUT2D eigenvalue weighted by Crippen LogP contribution is -2.43. The molecule has 3 amide bonds. The van der Waals surface area contributed by atoms with Gasteiger partial charge in [-0.2, -0.15) is 5.10 Å². The third-order valence-electron chi connectivity index (χ3n) is 4.82. The highest BCUT2D eigenvalue weighted by molar-refractivity contribution is 14.1. The number of hydrogen-bond donors (Lipinski definition) is 2. The van der Waals surface area contributed by atoms with E-state index >= 15 is 0 Å². The van der Waals surface area contributed by atoms with Crippen molar-refractivity contribution in [3.8, 4) is 11.5 Å². The average molecular weight is 649 g/mol. The van der Waals surface area contributed by atoms with Gasteiger partial charge in [-0.1, -0.05) is 29.3 Å². The standard InChI is InChI=1S/C23H23Cl2IN4O6/c1-2-35-18-11-14(10-16(26)21(18)36-13-19(31)30-6-8-34-9-7-30)12-27-29-23(33)22(32)28-17-5-3-4-15(24)20(17)25/h3-5,10-12H,2,6-9,13H2,1H3,(H,28,32)(H,29,33)/b27-12-. The van der Waals surface area contributed by atoms with E-state index < -0.39 is 11.8 Å². The molecule has 1 aliphatic heterocycles. The molecule has 13 heteroatoms. The smallest absolute Gasteiger partial charge is 0.329 e. The Morgan fingerprint density at radius 3 is 2.64 bits per heavy atom. The number of hydrazone groups is 1. The minimum Gasteiger partial charge on any atom is -0.490 e. The number of anilines is 1. The van der Waals surface area contributed by atoms with Crippen LogP contribution in [0.1, 0.15) is 12.5 Å². The number of hydrogen-bond acceptors (Lipinski definition) is 7. The van der Waals surface area contributed by atoms with Gasteiger partial charge in [0, 0.05) is 13.1 Å². The van der Waals surface area contributed by atoms with Gasteiger partial charge in [-0.15, -0.1) is 0 Å². The second-order valence-electron chi connectivity index (χ2n) is 7.30. The molecule has 0 saturated carbocycles. The fraction of sp³-hybridized carbons (Fsp3) is 0.304. The Balaban J connectivity index is 1.62. The molecule has 0 radical (unpaired) electrons. The molecule has 36 heavy (non-hydrogen) atoms. The largest absolute Gasteiger partial charge is 0.490 e. The van der Waals surface area contributed by atoms with Crippen LogP contribution in [0.2, 0.25) is 10.0 Å². The lowest BCUT2D eigenvalue weighted by molar-refractivity contribution is -0.137. The number of halogens is 3. The number of carbonyl (C=O) groups excluding carboxylic acids is 3. The molecule has 192 valence electrons. The van der Waals surface area contributed by atoms with E-state index in [4.69, 9.17) is 37.4 Å². The fourth-order valence-corrected chi connectivity index (χ4v) is 4.23. The van der Waals surface area contributed by atoms with Crippen molar-refractivity contribution in [3.63, 3.8) is 0 Å². The summed E-state index contributed by atoms with van der Waals surface area (Å²) in [6.45, 7) is 4.13. The second-order valence-corrected chi connectivity index (χ2v) is 9.25. The number of morpholine rings is 1. The maximum Gasteiger partial charge on any atom is 0.329 e. The number of rotatable bonds is 8. The van der Waals surface area contributed by atoms with E-state index in [2.05, 4.69) is 38.4 Å². The third-order valence-corrected chi connectivity index (χ3v) is 6.44. The molecule has 0 spiro atoms. The summed E-state index contributed by atoms with van der Waals surface area (Å²) in [5, 5.41) is 6.57. The summed E-state index contributed by atoms with van der Waals surface area (Å²) >= 11 is 14.0. The van der Waals surface area contributed by atoms with Crippen molar-refractivity contribution in [1.82, 2.24) is 10.3 Å². The first-order valence-corrected chi connectivity index (χ1v) is 12.7. The topological polar surface area (TPSA) is 119 Å². The molecule has 1 fully saturated rings. The summed E-state index contributed by atoms with van der Waals surface area (Å²) in [5.74, 6) is -1.25. The van der Waals surface area contributed by atoms with Crippen molar-refractivity contribution in [1.29, 1.82) is 0 Å². The van der Waals surface area contributed by atoms with Crippen LogP contribution in [0.25, 0.3) is 0 Å². The van der Waals surface area contributed by atoms with E-state index in [-0.39, 0.29) is 28.2 Å². The zero-order valence-electron chi connectivity index (χ0n) is 19.2. The lowest BCUT2D eigenvalue weighted by atomic mass is 10.2. The van der Waals surface area contributed by atoms with E-state index in [1.165, 1.54) is 12.3 Å². The van der Waals surface area contributed by atoms with Crippen LogP contribution in [0.15, 0.2) is 35.4 Å². The Bertz CT molecular complexity index is 1160. The first-order valence-electron chi connectivity index (χ1n) is 10.8. The van der Waals surface area contributed by atoms with Crippen LogP contribution >= 0.6 is 45.8 Å². The summed E-state index contributed by atoms with van der Waals surface area (Å²) in [6, 6.07) is 8.04. The van der Waals surface area contributed by atoms with Crippen LogP contribution in [0, 0.1) is 3.57 Å². The van der Waals surface area contributed by atoms with Crippen molar-refractivity contribution in [2.45, 2.75) is 6.92 Å². The zero-order chi connectivity index (χ0) is 26.1. The molecule has 3 rings (SSSR count). The van der Waals surface area contributed by atoms with Crippen LogP contribution in [-0.2, 0) is 19.1 Å². The van der Waals surface area contributed by atoms with Crippen molar-refractivity contribution in [2.24, 2.45) is 5.10 Å². The number of benzene rings is 2. The molecule has 0 atom stereocenters. The maximum absolute atomic E-state index is 12.4. The van der Waals surface area contributed by atoms with Gasteiger partial charge in [-0.3, -0.25) is 14.4 Å². The quantitative estimate of drug-likeness (QED) is 0.196. The summed E-state index contributed by atoms with van der Waals surface area (Å²) in [5.41, 5.74) is 2.93. The van der Waals surface area contributed by atoms with E-state index in [0.29, 0.717) is 53.5 Å². The Morgan fingerprint density at radius 2 is 1.92 bits per heavy atom. The molecule has 1 saturated heterocycles. The van der Waals surface area contributed by atoms with Crippen LogP contribution < -0.4 is 20.2 Å². The molecule has 0 aromatic heterocycles. The number of nitrogens with one attached hydrogen (secondary N) is 2. The molecule has 0 bridgehead atoms. The predicted molar refractivity (Wildman–Crippen MR) is 144 cm³/mol. The normalized spacial score (nSPS) is 13.4. The lowest BCUT2D eigenvalue weighted by Gasteiger charge is -2.27. The summed E-state index contributed by atoms with van der Waals surface area (Å²) < 4.78 is 17.4. The number of amides is 3. The van der Waals surface area contributed by atoms with E-state index in [1.807, 2.05) is 6.92 Å². The Hall–Kier alpha value is -2.61. The van der Waals surface area contributed by atoms with Crippen molar-refractivity contribution in [3.05, 3.63) is 49.5 Å². The first kappa shape index (κ1) is 28.0. The molecule has 1 aliphatic rings. The average Bonchev–Trinajstić information content (AvgIpc) is 2.86. The first-order chi connectivity index (χ1) is 17.3. The highest BCUT2D eigenvalue weighted by atomic mass is 127. The van der Waals surface area contributed by atoms with Crippen LogP contribution in [0.3, 0.4) is 0 Å². The van der Waals surface area contributed by atoms with Crippen molar-refractivity contribution >= 4 is 75.4 Å². The van der Waals surface area contributed by atoms with Crippen LogP contribution in [0.5, 0.6) is 11.5 Å². The van der Waals surface area contributed by atoms with Gasteiger partial charge in [-0.25, -0.2) is 5.43 Å². The van der Waals surface area contributed by atoms with Gasteiger partial charge in [0.2, 0.25) is 0 Å². The minimum atomic E-state index is -0.997. The summed E-state index contributed by atoms with van der Waals surface area (Å²) in [6.07, 6.45) is 1.35. The third kappa shape index (κ3) is 7.69. The molecule has 2 aromatic carbocycles. The molecule has 10 nitrogen and oxygen atoms in total. The SMILES string of the molecule is CCOc1cc(/C=N\NC(=O)C(=O)Nc2cccc(Cl)c2Cl)cc(I)c1OCC(=O)N1CCOCC1. The van der Waals surface area contributed by atoms with Crippen molar-refractivity contribution in [2.75, 3.05) is 44.8 Å². The second kappa shape index (κ2) is 13.6. The summed E-state index contributed by atoms with van der Waals surface area (Å²) in [4.78, 5) is 38.3.